The Kier molecular flexibility index (Phi) is 8.84. The lowest BCUT2D eigenvalue weighted by atomic mass is 9.92. The first-order chi connectivity index (χ1) is 21.3. The maximum Gasteiger partial charge on any atom is 0.253 e. The third kappa shape index (κ3) is 6.02. The molecule has 3 aromatic heterocycles. The van der Waals surface area contributed by atoms with E-state index in [0.717, 1.165) is 85.3 Å². The van der Waals surface area contributed by atoms with Gasteiger partial charge in [-0.05, 0) is 76.6 Å². The van der Waals surface area contributed by atoms with Crippen LogP contribution in [0.15, 0.2) is 47.5 Å². The quantitative estimate of drug-likeness (QED) is 0.248. The van der Waals surface area contributed by atoms with E-state index in [1.54, 1.807) is 12.4 Å². The third-order valence-corrected chi connectivity index (χ3v) is 9.43. The number of piperazine rings is 1. The van der Waals surface area contributed by atoms with Gasteiger partial charge in [0.25, 0.3) is 5.56 Å². The maximum atomic E-state index is 16.9. The Morgan fingerprint density at radius 2 is 1.80 bits per heavy atom. The van der Waals surface area contributed by atoms with Gasteiger partial charge in [0.1, 0.15) is 11.6 Å². The lowest BCUT2D eigenvalue weighted by Gasteiger charge is -2.36. The molecule has 0 unspecified atom stereocenters. The van der Waals surface area contributed by atoms with Crippen LogP contribution in [0.3, 0.4) is 0 Å². The maximum absolute atomic E-state index is 16.9. The molecule has 0 bridgehead atoms. The first kappa shape index (κ1) is 30.1. The van der Waals surface area contributed by atoms with Crippen LogP contribution in [-0.2, 0) is 6.54 Å². The van der Waals surface area contributed by atoms with E-state index in [4.69, 9.17) is 9.97 Å². The molecule has 4 aromatic rings. The molecule has 6 rings (SSSR count). The molecule has 0 radical (unpaired) electrons. The zero-order valence-corrected chi connectivity index (χ0v) is 26.4. The van der Waals surface area contributed by atoms with E-state index in [-0.39, 0.29) is 17.4 Å². The molecular formula is C35H44FN7O. The van der Waals surface area contributed by atoms with Gasteiger partial charge in [0.2, 0.25) is 0 Å². The predicted molar refractivity (Wildman–Crippen MR) is 178 cm³/mol. The van der Waals surface area contributed by atoms with Gasteiger partial charge >= 0.3 is 0 Å². The Hall–Kier alpha value is -3.98. The minimum atomic E-state index is -0.220. The molecule has 232 valence electrons. The van der Waals surface area contributed by atoms with Gasteiger partial charge < -0.3 is 25.0 Å². The number of rotatable bonds is 8. The van der Waals surface area contributed by atoms with Crippen LogP contribution in [0.25, 0.3) is 21.9 Å². The molecule has 1 aromatic carbocycles. The molecule has 2 fully saturated rings. The zero-order chi connectivity index (χ0) is 30.8. The van der Waals surface area contributed by atoms with E-state index in [0.29, 0.717) is 35.7 Å². The fourth-order valence-corrected chi connectivity index (χ4v) is 6.94. The second-order valence-corrected chi connectivity index (χ2v) is 12.4. The lowest BCUT2D eigenvalue weighted by Crippen LogP contribution is -2.44. The molecule has 0 spiro atoms. The van der Waals surface area contributed by atoms with Gasteiger partial charge in [-0.15, -0.1) is 0 Å². The molecule has 2 N–H and O–H groups in total. The smallest absolute Gasteiger partial charge is 0.253 e. The van der Waals surface area contributed by atoms with Crippen molar-refractivity contribution in [3.8, 4) is 11.1 Å². The van der Waals surface area contributed by atoms with Gasteiger partial charge in [-0.3, -0.25) is 4.79 Å². The van der Waals surface area contributed by atoms with Gasteiger partial charge in [0.05, 0.1) is 5.69 Å². The number of H-pyrrole nitrogens is 1. The fourth-order valence-electron chi connectivity index (χ4n) is 6.94. The number of hydrogen-bond donors (Lipinski definition) is 2. The van der Waals surface area contributed by atoms with Crippen LogP contribution < -0.4 is 20.7 Å². The van der Waals surface area contributed by atoms with Gasteiger partial charge in [-0.2, -0.15) is 0 Å². The summed E-state index contributed by atoms with van der Waals surface area (Å²) >= 11 is 0. The molecule has 1 aliphatic carbocycles. The molecule has 1 saturated carbocycles. The number of nitrogens with zero attached hydrogens (tertiary/aromatic N) is 5. The molecule has 4 heterocycles. The highest BCUT2D eigenvalue weighted by Gasteiger charge is 2.27. The molecule has 9 heteroatoms. The molecule has 8 nitrogen and oxygen atoms in total. The van der Waals surface area contributed by atoms with Crippen molar-refractivity contribution < 1.29 is 4.39 Å². The number of aromatic nitrogens is 3. The number of aryl methyl sites for hydroxylation is 2. The van der Waals surface area contributed by atoms with Crippen LogP contribution in [0.2, 0.25) is 0 Å². The van der Waals surface area contributed by atoms with Crippen molar-refractivity contribution in [1.29, 1.82) is 0 Å². The standard InChI is InChI=1S/C35H44FN7O/c1-5-43(26-9-7-6-8-10-26)33-27-13-14-37-34(39-22-30-23(2)19-24(3)40-35(30)44)29(27)20-28(32(33)36)25-11-12-31(38-21-25)42-17-15-41(4)16-18-42/h11-14,19-21,26H,5-10,15-18,22H2,1-4H3,(H,37,39)(H,40,44). The summed E-state index contributed by atoms with van der Waals surface area (Å²) in [7, 11) is 2.14. The Bertz CT molecular complexity index is 1670. The lowest BCUT2D eigenvalue weighted by molar-refractivity contribution is 0.312. The van der Waals surface area contributed by atoms with E-state index in [1.807, 2.05) is 44.2 Å². The highest BCUT2D eigenvalue weighted by molar-refractivity contribution is 6.03. The van der Waals surface area contributed by atoms with Crippen molar-refractivity contribution in [2.24, 2.45) is 0 Å². The van der Waals surface area contributed by atoms with E-state index in [9.17, 15) is 4.79 Å². The summed E-state index contributed by atoms with van der Waals surface area (Å²) in [4.78, 5) is 32.0. The average Bonchev–Trinajstić information content (AvgIpc) is 3.03. The van der Waals surface area contributed by atoms with Crippen LogP contribution in [0.4, 0.5) is 21.7 Å². The number of hydrogen-bond acceptors (Lipinski definition) is 7. The van der Waals surface area contributed by atoms with Crippen molar-refractivity contribution in [3.63, 3.8) is 0 Å². The predicted octanol–water partition coefficient (Wildman–Crippen LogP) is 6.26. The number of nitrogens with one attached hydrogen (secondary N) is 2. The Morgan fingerprint density at radius 3 is 2.48 bits per heavy atom. The first-order valence-corrected chi connectivity index (χ1v) is 16.0. The highest BCUT2D eigenvalue weighted by atomic mass is 19.1. The van der Waals surface area contributed by atoms with E-state index < -0.39 is 0 Å². The van der Waals surface area contributed by atoms with Crippen LogP contribution in [0.1, 0.15) is 55.8 Å². The van der Waals surface area contributed by atoms with Gasteiger partial charge in [-0.25, -0.2) is 14.4 Å². The van der Waals surface area contributed by atoms with Crippen molar-refractivity contribution in [1.82, 2.24) is 19.9 Å². The number of anilines is 3. The molecule has 2 aliphatic rings. The summed E-state index contributed by atoms with van der Waals surface area (Å²) < 4.78 is 16.9. The summed E-state index contributed by atoms with van der Waals surface area (Å²) in [6.45, 7) is 10.8. The summed E-state index contributed by atoms with van der Waals surface area (Å²) in [5, 5.41) is 5.08. The van der Waals surface area contributed by atoms with E-state index in [2.05, 4.69) is 39.0 Å². The number of likely N-dealkylation sites (N-methyl/N-ethyl adjacent to an activating group) is 1. The summed E-state index contributed by atoms with van der Waals surface area (Å²) in [6, 6.07) is 10.1. The normalized spacial score (nSPS) is 16.4. The summed E-state index contributed by atoms with van der Waals surface area (Å²) in [6.07, 6.45) is 9.22. The van der Waals surface area contributed by atoms with Crippen LogP contribution >= 0.6 is 0 Å². The Morgan fingerprint density at radius 1 is 1.02 bits per heavy atom. The van der Waals surface area contributed by atoms with Crippen molar-refractivity contribution >= 4 is 28.1 Å². The molecule has 0 atom stereocenters. The minimum absolute atomic E-state index is 0.108. The number of pyridine rings is 3. The van der Waals surface area contributed by atoms with Gasteiger partial charge in [0.15, 0.2) is 5.82 Å². The number of halogens is 1. The highest BCUT2D eigenvalue weighted by Crippen LogP contribution is 2.41. The van der Waals surface area contributed by atoms with Crippen molar-refractivity contribution in [3.05, 3.63) is 75.7 Å². The summed E-state index contributed by atoms with van der Waals surface area (Å²) in [5.74, 6) is 1.33. The Labute approximate surface area is 259 Å². The number of benzene rings is 1. The third-order valence-electron chi connectivity index (χ3n) is 9.43. The molecule has 44 heavy (non-hydrogen) atoms. The van der Waals surface area contributed by atoms with Crippen molar-refractivity contribution in [2.45, 2.75) is 65.5 Å². The van der Waals surface area contributed by atoms with Crippen LogP contribution in [-0.4, -0.2) is 65.7 Å². The monoisotopic (exact) mass is 597 g/mol. The molecular weight excluding hydrogens is 553 g/mol. The number of fused-ring (bicyclic) bond motifs is 1. The van der Waals surface area contributed by atoms with Gasteiger partial charge in [-0.1, -0.05) is 19.3 Å². The van der Waals surface area contributed by atoms with Crippen LogP contribution in [0.5, 0.6) is 0 Å². The molecule has 0 amide bonds. The van der Waals surface area contributed by atoms with Crippen molar-refractivity contribution in [2.75, 3.05) is 54.9 Å². The average molecular weight is 598 g/mol. The Balaban J connectivity index is 1.44. The topological polar surface area (TPSA) is 80.4 Å². The van der Waals surface area contributed by atoms with E-state index >= 15 is 4.39 Å². The van der Waals surface area contributed by atoms with E-state index in [1.165, 1.54) is 6.42 Å². The minimum Gasteiger partial charge on any atom is -0.366 e. The number of aromatic amines is 1. The molecule has 1 saturated heterocycles. The van der Waals surface area contributed by atoms with Gasteiger partial charge in [0, 0.05) is 90.9 Å². The zero-order valence-electron chi connectivity index (χ0n) is 26.4. The SMILES string of the molecule is CCN(c1c(F)c(-c2ccc(N3CCN(C)CC3)nc2)cc2c(NCc3c(C)cc(C)[nH]c3=O)nccc12)C1CCCCC1. The fraction of sp³-hybridized carbons (Fsp3) is 0.457. The second-order valence-electron chi connectivity index (χ2n) is 12.4. The molecule has 1 aliphatic heterocycles. The first-order valence-electron chi connectivity index (χ1n) is 16.0. The van der Waals surface area contributed by atoms with Crippen LogP contribution in [0, 0.1) is 19.7 Å². The second kappa shape index (κ2) is 12.9. The largest absolute Gasteiger partial charge is 0.366 e. The summed E-state index contributed by atoms with van der Waals surface area (Å²) in [5.41, 5.74) is 4.20.